The van der Waals surface area contributed by atoms with Crippen LogP contribution in [0.1, 0.15) is 32.6 Å². The Labute approximate surface area is 86.6 Å². The largest absolute Gasteiger partial charge is 0.378 e. The highest BCUT2D eigenvalue weighted by molar-refractivity contribution is 4.90. The average molecular weight is 198 g/mol. The number of likely N-dealkylation sites (tertiary alicyclic amines) is 1. The van der Waals surface area contributed by atoms with Crippen molar-refractivity contribution in [3.8, 4) is 0 Å². The topological polar surface area (TPSA) is 38.5 Å². The smallest absolute Gasteiger partial charge is 0.0590 e. The van der Waals surface area contributed by atoms with Gasteiger partial charge in [0, 0.05) is 31.8 Å². The van der Waals surface area contributed by atoms with Gasteiger partial charge in [0.05, 0.1) is 6.10 Å². The van der Waals surface area contributed by atoms with Crippen LogP contribution in [-0.4, -0.2) is 42.8 Å². The van der Waals surface area contributed by atoms with Crippen molar-refractivity contribution >= 4 is 0 Å². The van der Waals surface area contributed by atoms with E-state index < -0.39 is 0 Å². The van der Waals surface area contributed by atoms with Gasteiger partial charge in [0.15, 0.2) is 0 Å². The van der Waals surface area contributed by atoms with Crippen molar-refractivity contribution in [3.63, 3.8) is 0 Å². The highest BCUT2D eigenvalue weighted by Gasteiger charge is 2.33. The zero-order chi connectivity index (χ0) is 9.97. The number of nitrogens with zero attached hydrogens (tertiary/aromatic N) is 1. The molecule has 2 aliphatic heterocycles. The minimum absolute atomic E-state index is 0.433. The Kier molecular flexibility index (Phi) is 3.42. The van der Waals surface area contributed by atoms with Crippen LogP contribution in [0.15, 0.2) is 0 Å². The van der Waals surface area contributed by atoms with E-state index >= 15 is 0 Å². The van der Waals surface area contributed by atoms with Crippen molar-refractivity contribution in [2.45, 2.75) is 50.8 Å². The van der Waals surface area contributed by atoms with Gasteiger partial charge >= 0.3 is 0 Å². The maximum Gasteiger partial charge on any atom is 0.0590 e. The molecule has 2 N–H and O–H groups in total. The first-order chi connectivity index (χ1) is 6.79. The van der Waals surface area contributed by atoms with E-state index in [0.717, 1.165) is 25.7 Å². The Morgan fingerprint density at radius 3 is 2.86 bits per heavy atom. The van der Waals surface area contributed by atoms with Gasteiger partial charge in [-0.3, -0.25) is 4.90 Å². The second-order valence-electron chi connectivity index (χ2n) is 4.67. The molecular weight excluding hydrogens is 176 g/mol. The molecule has 2 atom stereocenters. The molecule has 3 heteroatoms. The van der Waals surface area contributed by atoms with Gasteiger partial charge < -0.3 is 10.5 Å². The summed E-state index contributed by atoms with van der Waals surface area (Å²) in [6, 6.07) is 1.18. The van der Waals surface area contributed by atoms with Crippen LogP contribution in [0.5, 0.6) is 0 Å². The molecule has 2 heterocycles. The zero-order valence-corrected chi connectivity index (χ0v) is 9.11. The van der Waals surface area contributed by atoms with E-state index in [4.69, 9.17) is 10.5 Å². The molecule has 2 aliphatic rings. The molecule has 0 aromatic heterocycles. The maximum atomic E-state index is 5.80. The molecule has 14 heavy (non-hydrogen) atoms. The van der Waals surface area contributed by atoms with Crippen molar-refractivity contribution in [1.29, 1.82) is 0 Å². The molecule has 0 radical (unpaired) electrons. The number of rotatable bonds is 3. The first-order valence-corrected chi connectivity index (χ1v) is 5.90. The summed E-state index contributed by atoms with van der Waals surface area (Å²) >= 11 is 0. The summed E-state index contributed by atoms with van der Waals surface area (Å²) in [5.74, 6) is 0. The monoisotopic (exact) mass is 198 g/mol. The third-order valence-electron chi connectivity index (χ3n) is 3.40. The molecule has 0 bridgehead atoms. The highest BCUT2D eigenvalue weighted by Crippen LogP contribution is 2.24. The predicted molar refractivity (Wildman–Crippen MR) is 57.2 cm³/mol. The van der Waals surface area contributed by atoms with Crippen LogP contribution in [0.4, 0.5) is 0 Å². The van der Waals surface area contributed by atoms with Crippen molar-refractivity contribution in [1.82, 2.24) is 4.90 Å². The van der Waals surface area contributed by atoms with Gasteiger partial charge in [-0.05, 0) is 19.3 Å². The molecule has 0 aliphatic carbocycles. The van der Waals surface area contributed by atoms with Crippen molar-refractivity contribution < 1.29 is 4.74 Å². The van der Waals surface area contributed by atoms with Gasteiger partial charge in [0.25, 0.3) is 0 Å². The second-order valence-corrected chi connectivity index (χ2v) is 4.67. The van der Waals surface area contributed by atoms with Crippen molar-refractivity contribution in [2.24, 2.45) is 5.73 Å². The Morgan fingerprint density at radius 1 is 1.43 bits per heavy atom. The Morgan fingerprint density at radius 2 is 2.21 bits per heavy atom. The number of ether oxygens (including phenoxy) is 1. The SMILES string of the molecule is CCCC1CC(N2CC(N)C2)CCO1. The third-order valence-corrected chi connectivity index (χ3v) is 3.40. The molecule has 2 unspecified atom stereocenters. The van der Waals surface area contributed by atoms with E-state index in [1.807, 2.05) is 0 Å². The van der Waals surface area contributed by atoms with E-state index in [2.05, 4.69) is 11.8 Å². The van der Waals surface area contributed by atoms with Crippen LogP contribution in [-0.2, 0) is 4.74 Å². The van der Waals surface area contributed by atoms with Crippen LogP contribution in [0, 0.1) is 0 Å². The standard InChI is InChI=1S/C11H22N2O/c1-2-3-11-6-10(4-5-14-11)13-7-9(12)8-13/h9-11H,2-8,12H2,1H3. The summed E-state index contributed by atoms with van der Waals surface area (Å²) in [6.07, 6.45) is 5.39. The summed E-state index contributed by atoms with van der Waals surface area (Å²) in [5, 5.41) is 0. The molecule has 3 nitrogen and oxygen atoms in total. The van der Waals surface area contributed by atoms with Gasteiger partial charge in [-0.25, -0.2) is 0 Å². The minimum Gasteiger partial charge on any atom is -0.378 e. The lowest BCUT2D eigenvalue weighted by molar-refractivity contribution is -0.0478. The van der Waals surface area contributed by atoms with Crippen molar-refractivity contribution in [2.75, 3.05) is 19.7 Å². The normalized spacial score (nSPS) is 35.6. The quantitative estimate of drug-likeness (QED) is 0.734. The van der Waals surface area contributed by atoms with Gasteiger partial charge in [0.1, 0.15) is 0 Å². The lowest BCUT2D eigenvalue weighted by atomic mass is 9.95. The minimum atomic E-state index is 0.433. The first kappa shape index (κ1) is 10.4. The first-order valence-electron chi connectivity index (χ1n) is 5.90. The number of nitrogens with two attached hydrogens (primary N) is 1. The van der Waals surface area contributed by atoms with Gasteiger partial charge in [0.2, 0.25) is 0 Å². The van der Waals surface area contributed by atoms with E-state index in [0.29, 0.717) is 12.1 Å². The molecule has 0 saturated carbocycles. The molecule has 0 aromatic rings. The van der Waals surface area contributed by atoms with E-state index in [1.54, 1.807) is 0 Å². The Bertz CT molecular complexity index is 176. The fourth-order valence-corrected chi connectivity index (χ4v) is 2.56. The predicted octanol–water partition coefficient (Wildman–Crippen LogP) is 0.977. The fraction of sp³-hybridized carbons (Fsp3) is 1.00. The molecule has 0 aromatic carbocycles. The molecule has 82 valence electrons. The highest BCUT2D eigenvalue weighted by atomic mass is 16.5. The van der Waals surface area contributed by atoms with E-state index in [1.165, 1.54) is 25.7 Å². The Balaban J connectivity index is 1.76. The van der Waals surface area contributed by atoms with E-state index in [9.17, 15) is 0 Å². The van der Waals surface area contributed by atoms with Crippen LogP contribution < -0.4 is 5.73 Å². The van der Waals surface area contributed by atoms with Crippen LogP contribution in [0.3, 0.4) is 0 Å². The molecule has 2 saturated heterocycles. The van der Waals surface area contributed by atoms with Gasteiger partial charge in [-0.15, -0.1) is 0 Å². The molecule has 0 spiro atoms. The lowest BCUT2D eigenvalue weighted by Gasteiger charge is -2.45. The summed E-state index contributed by atoms with van der Waals surface area (Å²) < 4.78 is 5.74. The number of hydrogen-bond acceptors (Lipinski definition) is 3. The Hall–Kier alpha value is -0.120. The molecule has 2 fully saturated rings. The van der Waals surface area contributed by atoms with Gasteiger partial charge in [-0.1, -0.05) is 13.3 Å². The number of hydrogen-bond donors (Lipinski definition) is 1. The van der Waals surface area contributed by atoms with E-state index in [-0.39, 0.29) is 0 Å². The van der Waals surface area contributed by atoms with Crippen LogP contribution in [0.2, 0.25) is 0 Å². The lowest BCUT2D eigenvalue weighted by Crippen LogP contribution is -2.60. The molecule has 2 rings (SSSR count). The summed E-state index contributed by atoms with van der Waals surface area (Å²) in [4.78, 5) is 2.52. The van der Waals surface area contributed by atoms with Crippen LogP contribution >= 0.6 is 0 Å². The third kappa shape index (κ3) is 2.27. The molecular formula is C11H22N2O. The van der Waals surface area contributed by atoms with Crippen LogP contribution in [0.25, 0.3) is 0 Å². The fourth-order valence-electron chi connectivity index (χ4n) is 2.56. The van der Waals surface area contributed by atoms with Crippen molar-refractivity contribution in [3.05, 3.63) is 0 Å². The maximum absolute atomic E-state index is 5.80. The summed E-state index contributed by atoms with van der Waals surface area (Å²) in [6.45, 7) is 5.38. The summed E-state index contributed by atoms with van der Waals surface area (Å²) in [5.41, 5.74) is 5.80. The molecule has 0 amide bonds. The zero-order valence-electron chi connectivity index (χ0n) is 9.11. The van der Waals surface area contributed by atoms with Gasteiger partial charge in [-0.2, -0.15) is 0 Å². The average Bonchev–Trinajstić information content (AvgIpc) is 2.14. The summed E-state index contributed by atoms with van der Waals surface area (Å²) in [7, 11) is 0. The second kappa shape index (κ2) is 4.60.